The zero-order chi connectivity index (χ0) is 16.6. The molecule has 5 heteroatoms. The number of aliphatic carboxylic acids is 1. The summed E-state index contributed by atoms with van der Waals surface area (Å²) >= 11 is 0. The largest absolute Gasteiger partial charge is 0.497 e. The molecule has 1 saturated carbocycles. The number of hydrogen-bond acceptors (Lipinski definition) is 3. The van der Waals surface area contributed by atoms with Crippen molar-refractivity contribution in [1.29, 1.82) is 0 Å². The molecule has 0 saturated heterocycles. The monoisotopic (exact) mass is 317 g/mol. The Bertz CT molecular complexity index is 627. The van der Waals surface area contributed by atoms with E-state index in [-0.39, 0.29) is 30.1 Å². The zero-order valence-corrected chi connectivity index (χ0v) is 13.5. The van der Waals surface area contributed by atoms with Gasteiger partial charge >= 0.3 is 5.97 Å². The van der Waals surface area contributed by atoms with E-state index in [0.717, 1.165) is 24.2 Å². The number of nitrogens with one attached hydrogen (secondary N) is 1. The lowest BCUT2D eigenvalue weighted by molar-refractivity contribution is -0.144. The first kappa shape index (κ1) is 15.8. The highest BCUT2D eigenvalue weighted by atomic mass is 16.5. The first-order valence-electron chi connectivity index (χ1n) is 8.17. The number of amides is 1. The van der Waals surface area contributed by atoms with Gasteiger partial charge in [-0.2, -0.15) is 0 Å². The van der Waals surface area contributed by atoms with E-state index in [9.17, 15) is 14.7 Å². The summed E-state index contributed by atoms with van der Waals surface area (Å²) in [7, 11) is 1.64. The second-order valence-corrected chi connectivity index (χ2v) is 6.72. The number of methoxy groups -OCH3 is 1. The van der Waals surface area contributed by atoms with E-state index in [4.69, 9.17) is 4.74 Å². The van der Waals surface area contributed by atoms with Crippen molar-refractivity contribution in [2.45, 2.75) is 32.1 Å². The summed E-state index contributed by atoms with van der Waals surface area (Å²) in [5, 5.41) is 12.5. The highest BCUT2D eigenvalue weighted by molar-refractivity contribution is 5.79. The summed E-state index contributed by atoms with van der Waals surface area (Å²) in [4.78, 5) is 23.9. The van der Waals surface area contributed by atoms with Gasteiger partial charge < -0.3 is 15.2 Å². The maximum Gasteiger partial charge on any atom is 0.307 e. The maximum atomic E-state index is 12.2. The second-order valence-electron chi connectivity index (χ2n) is 6.72. The van der Waals surface area contributed by atoms with Crippen LogP contribution in [0.25, 0.3) is 0 Å². The third kappa shape index (κ3) is 2.92. The van der Waals surface area contributed by atoms with Crippen LogP contribution in [0, 0.1) is 17.8 Å². The van der Waals surface area contributed by atoms with Gasteiger partial charge in [0.25, 0.3) is 0 Å². The molecule has 0 bridgehead atoms. The van der Waals surface area contributed by atoms with Gasteiger partial charge in [-0.15, -0.1) is 0 Å². The van der Waals surface area contributed by atoms with E-state index >= 15 is 0 Å². The van der Waals surface area contributed by atoms with Crippen LogP contribution in [0.1, 0.15) is 36.8 Å². The van der Waals surface area contributed by atoms with Gasteiger partial charge in [-0.25, -0.2) is 0 Å². The second kappa shape index (κ2) is 6.22. The minimum absolute atomic E-state index is 0.0416. The van der Waals surface area contributed by atoms with Crippen LogP contribution in [-0.4, -0.2) is 30.6 Å². The number of fused-ring (bicyclic) bond motifs is 3. The molecule has 0 radical (unpaired) electrons. The fourth-order valence-corrected chi connectivity index (χ4v) is 4.36. The Kier molecular flexibility index (Phi) is 4.28. The van der Waals surface area contributed by atoms with Crippen LogP contribution in [-0.2, 0) is 16.0 Å². The van der Waals surface area contributed by atoms with Crippen LogP contribution < -0.4 is 10.1 Å². The van der Waals surface area contributed by atoms with E-state index < -0.39 is 11.9 Å². The Balaban J connectivity index is 2.05. The van der Waals surface area contributed by atoms with E-state index in [0.29, 0.717) is 6.54 Å². The summed E-state index contributed by atoms with van der Waals surface area (Å²) in [6.07, 6.45) is 1.85. The van der Waals surface area contributed by atoms with Crippen LogP contribution in [0.15, 0.2) is 18.2 Å². The molecule has 1 aromatic carbocycles. The smallest absolute Gasteiger partial charge is 0.307 e. The Hall–Kier alpha value is -2.04. The van der Waals surface area contributed by atoms with Gasteiger partial charge in [-0.05, 0) is 53.9 Å². The van der Waals surface area contributed by atoms with Crippen LogP contribution in [0.2, 0.25) is 0 Å². The van der Waals surface area contributed by atoms with E-state index in [2.05, 4.69) is 11.4 Å². The van der Waals surface area contributed by atoms with Gasteiger partial charge in [-0.1, -0.05) is 13.0 Å². The average Bonchev–Trinajstić information content (AvgIpc) is 2.84. The van der Waals surface area contributed by atoms with Crippen LogP contribution >= 0.6 is 0 Å². The number of rotatable bonds is 2. The lowest BCUT2D eigenvalue weighted by atomic mass is 9.80. The molecule has 1 fully saturated rings. The van der Waals surface area contributed by atoms with Crippen molar-refractivity contribution in [3.8, 4) is 5.75 Å². The number of carboxylic acid groups (broad SMARTS) is 1. The SMILES string of the molecule is COc1ccc2c(c1)CCNC(=O)C[C@H]1[C@H](C(=O)O)[C@@H](C)C[C@H]21. The normalized spacial score (nSPS) is 30.3. The summed E-state index contributed by atoms with van der Waals surface area (Å²) in [6, 6.07) is 6.00. The molecule has 1 amide bonds. The Morgan fingerprint density at radius 2 is 2.17 bits per heavy atom. The van der Waals surface area contributed by atoms with Crippen molar-refractivity contribution in [1.82, 2.24) is 5.32 Å². The summed E-state index contributed by atoms with van der Waals surface area (Å²) < 4.78 is 5.32. The first-order valence-corrected chi connectivity index (χ1v) is 8.17. The zero-order valence-electron chi connectivity index (χ0n) is 13.5. The van der Waals surface area contributed by atoms with Crippen molar-refractivity contribution >= 4 is 11.9 Å². The molecule has 23 heavy (non-hydrogen) atoms. The number of hydrogen-bond donors (Lipinski definition) is 2. The van der Waals surface area contributed by atoms with Gasteiger partial charge in [0, 0.05) is 13.0 Å². The molecule has 1 aromatic rings. The van der Waals surface area contributed by atoms with Crippen molar-refractivity contribution in [2.24, 2.45) is 17.8 Å². The fraction of sp³-hybridized carbons (Fsp3) is 0.556. The predicted molar refractivity (Wildman–Crippen MR) is 85.5 cm³/mol. The molecule has 4 atom stereocenters. The average molecular weight is 317 g/mol. The quantitative estimate of drug-likeness (QED) is 0.877. The van der Waals surface area contributed by atoms with E-state index in [1.54, 1.807) is 7.11 Å². The van der Waals surface area contributed by atoms with Gasteiger partial charge in [0.05, 0.1) is 13.0 Å². The van der Waals surface area contributed by atoms with Crippen LogP contribution in [0.4, 0.5) is 0 Å². The topological polar surface area (TPSA) is 75.6 Å². The van der Waals surface area contributed by atoms with Gasteiger partial charge in [0.2, 0.25) is 5.91 Å². The molecule has 2 aliphatic rings. The molecule has 1 heterocycles. The lowest BCUT2D eigenvalue weighted by Crippen LogP contribution is -2.31. The molecule has 1 aliphatic carbocycles. The number of ether oxygens (including phenoxy) is 1. The molecule has 1 aliphatic heterocycles. The highest BCUT2D eigenvalue weighted by Crippen LogP contribution is 2.50. The Morgan fingerprint density at radius 1 is 1.39 bits per heavy atom. The number of benzene rings is 1. The number of carbonyl (C=O) groups is 2. The third-order valence-corrected chi connectivity index (χ3v) is 5.39. The molecule has 3 rings (SSSR count). The summed E-state index contributed by atoms with van der Waals surface area (Å²) in [6.45, 7) is 2.56. The van der Waals surface area contributed by atoms with Gasteiger partial charge in [0.1, 0.15) is 5.75 Å². The van der Waals surface area contributed by atoms with Crippen molar-refractivity contribution in [2.75, 3.05) is 13.7 Å². The molecular weight excluding hydrogens is 294 g/mol. The minimum Gasteiger partial charge on any atom is -0.497 e. The molecule has 124 valence electrons. The predicted octanol–water partition coefficient (Wildman–Crippen LogP) is 2.20. The highest BCUT2D eigenvalue weighted by Gasteiger charge is 2.47. The summed E-state index contributed by atoms with van der Waals surface area (Å²) in [5.74, 6) is -0.439. The fourth-order valence-electron chi connectivity index (χ4n) is 4.36. The van der Waals surface area contributed by atoms with Gasteiger partial charge in [-0.3, -0.25) is 9.59 Å². The summed E-state index contributed by atoms with van der Waals surface area (Å²) in [5.41, 5.74) is 2.34. The first-order chi connectivity index (χ1) is 11.0. The standard InChI is InChI=1S/C18H23NO4/c1-10-7-14-13-4-3-12(23-2)8-11(13)5-6-19-16(20)9-15(14)17(10)18(21)22/h3-4,8,10,14-15,17H,5-7,9H2,1-2H3,(H,19,20)(H,21,22)/t10-,14+,15+,17+/m0/s1. The minimum atomic E-state index is -0.785. The number of carboxylic acids is 1. The van der Waals surface area contributed by atoms with Crippen molar-refractivity contribution in [3.63, 3.8) is 0 Å². The maximum absolute atomic E-state index is 12.2. The Labute approximate surface area is 136 Å². The third-order valence-electron chi connectivity index (χ3n) is 5.39. The molecule has 5 nitrogen and oxygen atoms in total. The van der Waals surface area contributed by atoms with E-state index in [1.807, 2.05) is 19.1 Å². The van der Waals surface area contributed by atoms with Crippen molar-refractivity contribution < 1.29 is 19.4 Å². The van der Waals surface area contributed by atoms with Crippen molar-refractivity contribution in [3.05, 3.63) is 29.3 Å². The lowest BCUT2D eigenvalue weighted by Gasteiger charge is -2.23. The number of carbonyl (C=O) groups excluding carboxylic acids is 1. The molecule has 2 N–H and O–H groups in total. The molecule has 0 unspecified atom stereocenters. The molecule has 0 aromatic heterocycles. The van der Waals surface area contributed by atoms with E-state index in [1.165, 1.54) is 5.56 Å². The molecular formula is C18H23NO4. The Morgan fingerprint density at radius 3 is 2.87 bits per heavy atom. The molecule has 0 spiro atoms. The van der Waals surface area contributed by atoms with Crippen LogP contribution in [0.5, 0.6) is 5.75 Å². The van der Waals surface area contributed by atoms with Crippen LogP contribution in [0.3, 0.4) is 0 Å². The van der Waals surface area contributed by atoms with Gasteiger partial charge in [0.15, 0.2) is 0 Å².